The van der Waals surface area contributed by atoms with Gasteiger partial charge < -0.3 is 49.1 Å². The molecular weight excluding hydrogens is 707 g/mol. The van der Waals surface area contributed by atoms with Crippen LogP contribution in [0, 0.1) is 0 Å². The van der Waals surface area contributed by atoms with E-state index in [0.29, 0.717) is 6.42 Å². The van der Waals surface area contributed by atoms with Crippen molar-refractivity contribution in [1.29, 1.82) is 0 Å². The third-order valence-electron chi connectivity index (χ3n) is 9.21. The molecule has 2 aliphatic rings. The van der Waals surface area contributed by atoms with E-state index in [9.17, 15) is 38.2 Å². The maximum Gasteiger partial charge on any atom is 0.397 e. The molecule has 2 heterocycles. The Morgan fingerprint density at radius 1 is 0.902 bits per heavy atom. The zero-order valence-electron chi connectivity index (χ0n) is 29.6. The molecule has 2 saturated heterocycles. The van der Waals surface area contributed by atoms with Gasteiger partial charge in [0.05, 0.1) is 19.3 Å². The monoisotopic (exact) mass is 757 g/mol. The second kappa shape index (κ2) is 17.2. The highest BCUT2D eigenvalue weighted by Crippen LogP contribution is 2.38. The summed E-state index contributed by atoms with van der Waals surface area (Å²) in [5, 5.41) is 48.4. The van der Waals surface area contributed by atoms with Crippen molar-refractivity contribution < 1.29 is 65.7 Å². The molecule has 2 aliphatic heterocycles. The number of aliphatic hydroxyl groups is 4. The molecule has 11 atom stereocenters. The van der Waals surface area contributed by atoms with E-state index >= 15 is 0 Å². The Morgan fingerprint density at radius 2 is 1.45 bits per heavy atom. The Morgan fingerprint density at radius 3 is 1.92 bits per heavy atom. The number of benzene rings is 2. The predicted molar refractivity (Wildman–Crippen MR) is 186 cm³/mol. The number of amides is 1. The molecule has 6 N–H and O–H groups in total. The minimum Gasteiger partial charge on any atom is -0.405 e. The first kappa shape index (κ1) is 41.4. The number of hydrogen-bond donors (Lipinski definition) is 6. The zero-order valence-corrected chi connectivity index (χ0v) is 31.4. The highest BCUT2D eigenvalue weighted by molar-refractivity contribution is 7.80. The van der Waals surface area contributed by atoms with E-state index in [1.807, 2.05) is 60.7 Å². The van der Waals surface area contributed by atoms with Crippen LogP contribution < -0.4 is 15.7 Å². The summed E-state index contributed by atoms with van der Waals surface area (Å²) in [6, 6.07) is 18.0. The van der Waals surface area contributed by atoms with Crippen LogP contribution in [0.25, 0.3) is 0 Å². The first-order chi connectivity index (χ1) is 23.9. The van der Waals surface area contributed by atoms with E-state index in [0.717, 1.165) is 10.4 Å². The molecule has 1 unspecified atom stereocenters. The summed E-state index contributed by atoms with van der Waals surface area (Å²) in [6.45, 7) is 9.81. The summed E-state index contributed by atoms with van der Waals surface area (Å²) in [5.41, 5.74) is 0. The van der Waals surface area contributed by atoms with Crippen molar-refractivity contribution >= 4 is 35.0 Å². The molecule has 2 aromatic rings. The molecule has 0 spiro atoms. The van der Waals surface area contributed by atoms with Gasteiger partial charge in [-0.25, -0.2) is 4.18 Å². The molecule has 286 valence electrons. The van der Waals surface area contributed by atoms with E-state index in [-0.39, 0.29) is 6.61 Å². The summed E-state index contributed by atoms with van der Waals surface area (Å²) in [6.07, 6.45) is -14.5. The van der Waals surface area contributed by atoms with Crippen LogP contribution in [0.5, 0.6) is 0 Å². The van der Waals surface area contributed by atoms with Crippen LogP contribution in [0.3, 0.4) is 0 Å². The average molecular weight is 758 g/mol. The average Bonchev–Trinajstić information content (AvgIpc) is 3.07. The van der Waals surface area contributed by atoms with Gasteiger partial charge in [-0.05, 0) is 28.8 Å². The van der Waals surface area contributed by atoms with Crippen LogP contribution in [0.15, 0.2) is 60.7 Å². The minimum atomic E-state index is -5.16. The third-order valence-corrected chi connectivity index (χ3v) is 14.7. The van der Waals surface area contributed by atoms with Crippen molar-refractivity contribution in [2.24, 2.45) is 0 Å². The molecule has 4 rings (SSSR count). The van der Waals surface area contributed by atoms with Crippen molar-refractivity contribution in [3.8, 4) is 0 Å². The fraction of sp³-hybridized carbons (Fsp3) is 0.618. The topological polar surface area (TPSA) is 220 Å². The molecular formula is C34H51NO14SSi. The van der Waals surface area contributed by atoms with Crippen LogP contribution in [0.2, 0.25) is 5.04 Å². The highest BCUT2D eigenvalue weighted by Gasteiger charge is 2.55. The van der Waals surface area contributed by atoms with E-state index in [1.54, 1.807) is 13.8 Å². The number of aliphatic hydroxyl groups excluding tert-OH is 4. The number of hydrogen-bond acceptors (Lipinski definition) is 13. The SMILES string of the molecule is CCC(C)O[C@@H]1O[C@H](CO)[C@@H](O[C@H]2O[C@H](CO[Si](c3ccccc3)(c3ccccc3)C(C)(C)C)[C@@H](O)[C@H](O)[C@H]2NC(C)=O)[C@H](O)[C@H]1OS(=O)(=O)O. The zero-order chi connectivity index (χ0) is 37.7. The summed E-state index contributed by atoms with van der Waals surface area (Å²) in [5.74, 6) is -0.612. The van der Waals surface area contributed by atoms with Crippen molar-refractivity contribution in [2.75, 3.05) is 13.2 Å². The second-order valence-electron chi connectivity index (χ2n) is 13.9. The molecule has 1 amide bonds. The number of carbonyl (C=O) groups excluding carboxylic acids is 1. The van der Waals surface area contributed by atoms with Gasteiger partial charge in [0.25, 0.3) is 8.32 Å². The summed E-state index contributed by atoms with van der Waals surface area (Å²) < 4.78 is 68.6. The fourth-order valence-corrected chi connectivity index (χ4v) is 11.6. The number of rotatable bonds is 14. The van der Waals surface area contributed by atoms with Crippen molar-refractivity contribution in [3.05, 3.63) is 60.7 Å². The van der Waals surface area contributed by atoms with Crippen LogP contribution >= 0.6 is 0 Å². The Labute approximate surface area is 299 Å². The number of nitrogens with one attached hydrogen (secondary N) is 1. The first-order valence-electron chi connectivity index (χ1n) is 16.9. The fourth-order valence-electron chi connectivity index (χ4n) is 6.58. The molecule has 2 fully saturated rings. The van der Waals surface area contributed by atoms with Gasteiger partial charge in [0, 0.05) is 6.92 Å². The van der Waals surface area contributed by atoms with E-state index < -0.39 is 104 Å². The van der Waals surface area contributed by atoms with Crippen LogP contribution in [0.4, 0.5) is 0 Å². The van der Waals surface area contributed by atoms with Gasteiger partial charge in [0.15, 0.2) is 18.7 Å². The van der Waals surface area contributed by atoms with Crippen LogP contribution in [0.1, 0.15) is 48.0 Å². The van der Waals surface area contributed by atoms with Crippen LogP contribution in [-0.2, 0) is 42.8 Å². The molecule has 0 radical (unpaired) electrons. The predicted octanol–water partition coefficient (Wildman–Crippen LogP) is -0.0192. The third kappa shape index (κ3) is 9.60. The molecule has 2 aromatic carbocycles. The summed E-state index contributed by atoms with van der Waals surface area (Å²) in [7, 11) is -8.32. The van der Waals surface area contributed by atoms with E-state index in [2.05, 4.69) is 26.1 Å². The lowest BCUT2D eigenvalue weighted by molar-refractivity contribution is -0.347. The molecule has 51 heavy (non-hydrogen) atoms. The normalized spacial score (nSPS) is 31.2. The van der Waals surface area contributed by atoms with E-state index in [1.165, 1.54) is 6.92 Å². The first-order valence-corrected chi connectivity index (χ1v) is 20.2. The Hall–Kier alpha value is -2.36. The lowest BCUT2D eigenvalue weighted by Gasteiger charge is -2.49. The summed E-state index contributed by atoms with van der Waals surface area (Å²) in [4.78, 5) is 12.3. The minimum absolute atomic E-state index is 0.245. The highest BCUT2D eigenvalue weighted by atomic mass is 32.3. The number of carbonyl (C=O) groups is 1. The number of ether oxygens (including phenoxy) is 4. The standard InChI is InChI=1S/C34H51NO14SSi/c1-7-20(2)45-33-31(49-50(41,42)43)29(40)30(24(18-36)46-33)48-32-26(35-21(3)37)28(39)27(38)25(47-32)19-44-51(34(4,5)6,22-14-10-8-11-15-22)23-16-12-9-13-17-23/h8-17,20,24-33,36,38-40H,7,18-19H2,1-6H3,(H,35,37)(H,41,42,43)/t20?,24-,25-,26-,27-,28-,29+,30-,31-,32-,33-/m1/s1. The van der Waals surface area contributed by atoms with Gasteiger partial charge in [-0.15, -0.1) is 0 Å². The Bertz CT molecular complexity index is 1470. The smallest absolute Gasteiger partial charge is 0.397 e. The molecule has 0 saturated carbocycles. The van der Waals surface area contributed by atoms with Gasteiger partial charge >= 0.3 is 10.4 Å². The van der Waals surface area contributed by atoms with Gasteiger partial charge in [-0.1, -0.05) is 88.4 Å². The second-order valence-corrected chi connectivity index (χ2v) is 19.2. The molecule has 0 bridgehead atoms. The van der Waals surface area contributed by atoms with Crippen molar-refractivity contribution in [2.45, 2.75) is 120 Å². The quantitative estimate of drug-likeness (QED) is 0.110. The molecule has 0 aromatic heterocycles. The molecule has 0 aliphatic carbocycles. The van der Waals surface area contributed by atoms with Crippen molar-refractivity contribution in [1.82, 2.24) is 5.32 Å². The molecule has 15 nitrogen and oxygen atoms in total. The van der Waals surface area contributed by atoms with Gasteiger partial charge in [0.2, 0.25) is 5.91 Å². The molecule has 17 heteroatoms. The lowest BCUT2D eigenvalue weighted by atomic mass is 9.95. The van der Waals surface area contributed by atoms with Crippen LogP contribution in [-0.4, -0.2) is 128 Å². The van der Waals surface area contributed by atoms with Crippen molar-refractivity contribution in [3.63, 3.8) is 0 Å². The summed E-state index contributed by atoms with van der Waals surface area (Å²) >= 11 is 0. The maximum absolute atomic E-state index is 12.3. The van der Waals surface area contributed by atoms with Gasteiger partial charge in [-0.3, -0.25) is 9.35 Å². The largest absolute Gasteiger partial charge is 0.405 e. The van der Waals surface area contributed by atoms with Gasteiger partial charge in [0.1, 0.15) is 42.7 Å². The Kier molecular flexibility index (Phi) is 14.0. The maximum atomic E-state index is 12.3. The van der Waals surface area contributed by atoms with Gasteiger partial charge in [-0.2, -0.15) is 8.42 Å². The Balaban J connectivity index is 1.69. The lowest BCUT2D eigenvalue weighted by Crippen LogP contribution is -2.70. The van der Waals surface area contributed by atoms with E-state index in [4.69, 9.17) is 27.6 Å².